The van der Waals surface area contributed by atoms with Crippen molar-refractivity contribution in [1.29, 1.82) is 0 Å². The summed E-state index contributed by atoms with van der Waals surface area (Å²) in [4.78, 5) is 0. The summed E-state index contributed by atoms with van der Waals surface area (Å²) in [6.07, 6.45) is 5.48. The molecule has 0 unspecified atom stereocenters. The van der Waals surface area contributed by atoms with Crippen LogP contribution >= 0.6 is 0 Å². The molecule has 0 aliphatic carbocycles. The first kappa shape index (κ1) is 11.6. The minimum absolute atomic E-state index is 0.669. The molecule has 0 spiro atoms. The number of rotatable bonds is 6. The molecule has 4 heteroatoms. The zero-order valence-corrected chi connectivity index (χ0v) is 8.87. The van der Waals surface area contributed by atoms with Gasteiger partial charge in [0, 0.05) is 27.4 Å². The summed E-state index contributed by atoms with van der Waals surface area (Å²) < 4.78 is 15.6. The SMILES string of the molecule is C=CC=CC[Si](OC)(OC)OC. The van der Waals surface area contributed by atoms with E-state index in [1.54, 1.807) is 27.4 Å². The van der Waals surface area contributed by atoms with Gasteiger partial charge in [-0.15, -0.1) is 0 Å². The summed E-state index contributed by atoms with van der Waals surface area (Å²) in [6.45, 7) is 3.56. The topological polar surface area (TPSA) is 27.7 Å². The Bertz CT molecular complexity index is 144. The predicted molar refractivity (Wildman–Crippen MR) is 50.9 cm³/mol. The van der Waals surface area contributed by atoms with Gasteiger partial charge in [0.25, 0.3) is 0 Å². The maximum Gasteiger partial charge on any atom is 0.504 e. The summed E-state index contributed by atoms with van der Waals surface area (Å²) in [5.41, 5.74) is 0. The van der Waals surface area contributed by atoms with Crippen LogP contribution in [0.1, 0.15) is 0 Å². The Morgan fingerprint density at radius 1 is 1.17 bits per heavy atom. The lowest BCUT2D eigenvalue weighted by Crippen LogP contribution is -2.42. The first-order valence-corrected chi connectivity index (χ1v) is 5.61. The van der Waals surface area contributed by atoms with E-state index >= 15 is 0 Å². The molecule has 70 valence electrons. The molecule has 0 heterocycles. The third kappa shape index (κ3) is 3.32. The summed E-state index contributed by atoms with van der Waals surface area (Å²) >= 11 is 0. The summed E-state index contributed by atoms with van der Waals surface area (Å²) in [6, 6.07) is 0.669. The molecule has 0 rings (SSSR count). The molecule has 0 N–H and O–H groups in total. The van der Waals surface area contributed by atoms with Gasteiger partial charge in [0.05, 0.1) is 0 Å². The van der Waals surface area contributed by atoms with E-state index in [0.717, 1.165) is 0 Å². The first-order chi connectivity index (χ1) is 5.74. The molecule has 0 aromatic carbocycles. The van der Waals surface area contributed by atoms with Gasteiger partial charge >= 0.3 is 8.80 Å². The minimum atomic E-state index is -2.39. The van der Waals surface area contributed by atoms with Crippen molar-refractivity contribution < 1.29 is 13.3 Å². The van der Waals surface area contributed by atoms with Gasteiger partial charge in [-0.2, -0.15) is 0 Å². The van der Waals surface area contributed by atoms with E-state index in [2.05, 4.69) is 6.58 Å². The highest BCUT2D eigenvalue weighted by Gasteiger charge is 2.35. The van der Waals surface area contributed by atoms with Crippen LogP contribution in [0, 0.1) is 0 Å². The van der Waals surface area contributed by atoms with Crippen molar-refractivity contribution in [3.05, 3.63) is 24.8 Å². The molecular formula is C8H16O3Si. The van der Waals surface area contributed by atoms with E-state index in [1.165, 1.54) is 0 Å². The third-order valence-corrected chi connectivity index (χ3v) is 4.17. The van der Waals surface area contributed by atoms with Gasteiger partial charge in [-0.05, 0) is 0 Å². The summed E-state index contributed by atoms with van der Waals surface area (Å²) in [5, 5.41) is 0. The zero-order valence-electron chi connectivity index (χ0n) is 7.87. The maximum atomic E-state index is 5.19. The molecule has 0 amide bonds. The van der Waals surface area contributed by atoms with Crippen molar-refractivity contribution in [2.45, 2.75) is 6.04 Å². The Kier molecular flexibility index (Phi) is 5.92. The van der Waals surface area contributed by atoms with Crippen LogP contribution in [0.3, 0.4) is 0 Å². The van der Waals surface area contributed by atoms with Gasteiger partial charge in [-0.25, -0.2) is 0 Å². The van der Waals surface area contributed by atoms with Gasteiger partial charge in [0.2, 0.25) is 0 Å². The van der Waals surface area contributed by atoms with E-state index in [-0.39, 0.29) is 0 Å². The summed E-state index contributed by atoms with van der Waals surface area (Å²) in [5.74, 6) is 0. The molecule has 0 atom stereocenters. The van der Waals surface area contributed by atoms with Gasteiger partial charge in [-0.3, -0.25) is 0 Å². The Hall–Kier alpha value is -0.423. The van der Waals surface area contributed by atoms with Crippen molar-refractivity contribution in [3.63, 3.8) is 0 Å². The second-order valence-corrected chi connectivity index (χ2v) is 5.16. The molecule has 0 radical (unpaired) electrons. The zero-order chi connectivity index (χ0) is 9.45. The molecule has 0 bridgehead atoms. The van der Waals surface area contributed by atoms with Crippen LogP contribution in [-0.4, -0.2) is 30.1 Å². The Morgan fingerprint density at radius 2 is 1.67 bits per heavy atom. The standard InChI is InChI=1S/C8H16O3Si/c1-5-6-7-8-12(9-2,10-3)11-4/h5-7H,1,8H2,2-4H3. The second-order valence-electron chi connectivity index (χ2n) is 2.16. The smallest absolute Gasteiger partial charge is 0.377 e. The highest BCUT2D eigenvalue weighted by molar-refractivity contribution is 6.61. The first-order valence-electron chi connectivity index (χ1n) is 3.67. The van der Waals surface area contributed by atoms with Crippen LogP contribution in [0.4, 0.5) is 0 Å². The lowest BCUT2D eigenvalue weighted by atomic mass is 10.5. The second kappa shape index (κ2) is 6.13. The molecular weight excluding hydrogens is 172 g/mol. The third-order valence-electron chi connectivity index (χ3n) is 1.57. The van der Waals surface area contributed by atoms with Crippen molar-refractivity contribution in [2.24, 2.45) is 0 Å². The van der Waals surface area contributed by atoms with E-state index in [4.69, 9.17) is 13.3 Å². The van der Waals surface area contributed by atoms with Gasteiger partial charge in [-0.1, -0.05) is 24.8 Å². The highest BCUT2D eigenvalue weighted by Crippen LogP contribution is 2.12. The average Bonchev–Trinajstić information content (AvgIpc) is 2.14. The monoisotopic (exact) mass is 188 g/mol. The number of hydrogen-bond acceptors (Lipinski definition) is 3. The van der Waals surface area contributed by atoms with E-state index in [9.17, 15) is 0 Å². The number of hydrogen-bond donors (Lipinski definition) is 0. The molecule has 0 aliphatic rings. The lowest BCUT2D eigenvalue weighted by Gasteiger charge is -2.22. The molecule has 12 heavy (non-hydrogen) atoms. The van der Waals surface area contributed by atoms with Crippen LogP contribution in [0.15, 0.2) is 24.8 Å². The van der Waals surface area contributed by atoms with Crippen LogP contribution in [-0.2, 0) is 13.3 Å². The molecule has 0 saturated heterocycles. The van der Waals surface area contributed by atoms with Crippen LogP contribution in [0.5, 0.6) is 0 Å². The lowest BCUT2D eigenvalue weighted by molar-refractivity contribution is 0.127. The average molecular weight is 188 g/mol. The Morgan fingerprint density at radius 3 is 2.00 bits per heavy atom. The van der Waals surface area contributed by atoms with Gasteiger partial charge in [0.15, 0.2) is 0 Å². The van der Waals surface area contributed by atoms with Crippen molar-refractivity contribution >= 4 is 8.80 Å². The van der Waals surface area contributed by atoms with E-state index in [0.29, 0.717) is 6.04 Å². The molecule has 3 nitrogen and oxygen atoms in total. The predicted octanol–water partition coefficient (Wildman–Crippen LogP) is 1.61. The van der Waals surface area contributed by atoms with Crippen molar-refractivity contribution in [2.75, 3.05) is 21.3 Å². The normalized spacial score (nSPS) is 12.2. The molecule has 0 aliphatic heterocycles. The van der Waals surface area contributed by atoms with Crippen LogP contribution < -0.4 is 0 Å². The molecule has 0 aromatic rings. The van der Waals surface area contributed by atoms with Gasteiger partial charge < -0.3 is 13.3 Å². The fourth-order valence-corrected chi connectivity index (χ4v) is 2.23. The highest BCUT2D eigenvalue weighted by atomic mass is 28.4. The Labute approximate surface area is 75.0 Å². The fraction of sp³-hybridized carbons (Fsp3) is 0.500. The summed E-state index contributed by atoms with van der Waals surface area (Å²) in [7, 11) is 2.41. The minimum Gasteiger partial charge on any atom is -0.377 e. The van der Waals surface area contributed by atoms with Crippen LogP contribution in [0.25, 0.3) is 0 Å². The van der Waals surface area contributed by atoms with E-state index in [1.807, 2.05) is 12.2 Å². The molecule has 0 fully saturated rings. The molecule has 0 aromatic heterocycles. The Balaban J connectivity index is 4.10. The molecule has 0 saturated carbocycles. The van der Waals surface area contributed by atoms with Gasteiger partial charge in [0.1, 0.15) is 0 Å². The van der Waals surface area contributed by atoms with Crippen LogP contribution in [0.2, 0.25) is 6.04 Å². The van der Waals surface area contributed by atoms with Crippen molar-refractivity contribution in [1.82, 2.24) is 0 Å². The van der Waals surface area contributed by atoms with Crippen molar-refractivity contribution in [3.8, 4) is 0 Å². The fourth-order valence-electron chi connectivity index (χ4n) is 0.809. The van der Waals surface area contributed by atoms with E-state index < -0.39 is 8.80 Å². The largest absolute Gasteiger partial charge is 0.504 e. The number of allylic oxidation sites excluding steroid dienone is 3. The quantitative estimate of drug-likeness (QED) is 0.468. The maximum absolute atomic E-state index is 5.19.